The fourth-order valence-electron chi connectivity index (χ4n) is 1.86. The molecule has 1 atom stereocenters. The maximum absolute atomic E-state index is 12.3. The minimum absolute atomic E-state index is 0.186. The van der Waals surface area contributed by atoms with Crippen LogP contribution in [0.2, 0.25) is 0 Å². The Bertz CT molecular complexity index is 618. The van der Waals surface area contributed by atoms with E-state index in [0.29, 0.717) is 5.76 Å². The van der Waals surface area contributed by atoms with Gasteiger partial charge in [-0.2, -0.15) is 0 Å². The number of aromatic nitrogens is 1. The van der Waals surface area contributed by atoms with E-state index >= 15 is 0 Å². The third-order valence-corrected chi connectivity index (χ3v) is 2.94. The molecule has 1 aromatic rings. The van der Waals surface area contributed by atoms with Crippen LogP contribution in [0.1, 0.15) is 40.4 Å². The quantitative estimate of drug-likeness (QED) is 0.713. The van der Waals surface area contributed by atoms with E-state index in [1.807, 2.05) is 0 Å². The summed E-state index contributed by atoms with van der Waals surface area (Å²) in [6, 6.07) is 0.734. The second-order valence-corrected chi connectivity index (χ2v) is 6.96. The molecule has 1 heterocycles. The lowest BCUT2D eigenvalue weighted by molar-refractivity contribution is -0.126. The minimum Gasteiger partial charge on any atom is -0.444 e. The van der Waals surface area contributed by atoms with Gasteiger partial charge in [-0.05, 0) is 33.6 Å². The summed E-state index contributed by atoms with van der Waals surface area (Å²) in [5.74, 6) is -0.299. The maximum Gasteiger partial charge on any atom is 0.408 e. The molecule has 1 aromatic heterocycles. The largest absolute Gasteiger partial charge is 0.444 e. The number of amides is 3. The molecule has 25 heavy (non-hydrogen) atoms. The highest BCUT2D eigenvalue weighted by molar-refractivity contribution is 5.95. The Morgan fingerprint density at radius 3 is 2.40 bits per heavy atom. The average molecular weight is 354 g/mol. The second-order valence-electron chi connectivity index (χ2n) is 6.96. The Morgan fingerprint density at radius 1 is 1.28 bits per heavy atom. The molecule has 0 bridgehead atoms. The smallest absolute Gasteiger partial charge is 0.408 e. The van der Waals surface area contributed by atoms with Gasteiger partial charge in [0.2, 0.25) is 11.8 Å². The fourth-order valence-corrected chi connectivity index (χ4v) is 1.86. The first kappa shape index (κ1) is 20.5. The van der Waals surface area contributed by atoms with E-state index in [-0.39, 0.29) is 18.3 Å². The predicted molar refractivity (Wildman–Crippen MR) is 90.9 cm³/mol. The van der Waals surface area contributed by atoms with E-state index in [4.69, 9.17) is 9.26 Å². The van der Waals surface area contributed by atoms with Gasteiger partial charge in [-0.25, -0.2) is 4.79 Å². The van der Waals surface area contributed by atoms with Crippen LogP contribution in [0.25, 0.3) is 0 Å². The van der Waals surface area contributed by atoms with Crippen molar-refractivity contribution in [3.63, 3.8) is 0 Å². The Labute approximate surface area is 146 Å². The highest BCUT2D eigenvalue weighted by Crippen LogP contribution is 2.09. The maximum atomic E-state index is 12.3. The van der Waals surface area contributed by atoms with Crippen molar-refractivity contribution >= 4 is 23.7 Å². The second kappa shape index (κ2) is 8.50. The molecule has 140 valence electrons. The van der Waals surface area contributed by atoms with E-state index < -0.39 is 29.6 Å². The molecule has 0 spiro atoms. The van der Waals surface area contributed by atoms with Crippen LogP contribution in [0.15, 0.2) is 10.6 Å². The first-order valence-corrected chi connectivity index (χ1v) is 7.98. The van der Waals surface area contributed by atoms with Gasteiger partial charge in [0.05, 0.1) is 6.54 Å². The van der Waals surface area contributed by atoms with Crippen molar-refractivity contribution in [3.8, 4) is 0 Å². The van der Waals surface area contributed by atoms with Crippen molar-refractivity contribution in [2.24, 2.45) is 5.92 Å². The molecule has 0 fully saturated rings. The van der Waals surface area contributed by atoms with Gasteiger partial charge in [0.25, 0.3) is 0 Å². The number of rotatable bonds is 6. The van der Waals surface area contributed by atoms with Crippen LogP contribution in [0.4, 0.5) is 10.6 Å². The number of hydrogen-bond acceptors (Lipinski definition) is 6. The van der Waals surface area contributed by atoms with E-state index in [2.05, 4.69) is 21.1 Å². The Morgan fingerprint density at radius 2 is 1.92 bits per heavy atom. The number of alkyl carbamates (subject to hydrolysis) is 1. The molecule has 9 heteroatoms. The van der Waals surface area contributed by atoms with Gasteiger partial charge in [-0.15, -0.1) is 0 Å². The van der Waals surface area contributed by atoms with Crippen LogP contribution in [0.5, 0.6) is 0 Å². The molecule has 9 nitrogen and oxygen atoms in total. The minimum atomic E-state index is -0.822. The Hall–Kier alpha value is -2.58. The van der Waals surface area contributed by atoms with Gasteiger partial charge in [-0.3, -0.25) is 9.59 Å². The molecule has 0 aliphatic rings. The number of aryl methyl sites for hydroxylation is 1. The highest BCUT2D eigenvalue weighted by Gasteiger charge is 2.27. The van der Waals surface area contributed by atoms with Crippen molar-refractivity contribution in [2.75, 3.05) is 11.9 Å². The van der Waals surface area contributed by atoms with Crippen molar-refractivity contribution in [1.82, 2.24) is 15.8 Å². The van der Waals surface area contributed by atoms with Crippen molar-refractivity contribution in [1.29, 1.82) is 0 Å². The number of carbonyl (C=O) groups excluding carboxylic acids is 3. The van der Waals surface area contributed by atoms with Gasteiger partial charge < -0.3 is 25.2 Å². The lowest BCUT2D eigenvalue weighted by Gasteiger charge is -2.25. The first-order valence-electron chi connectivity index (χ1n) is 7.98. The van der Waals surface area contributed by atoms with Crippen LogP contribution in [-0.2, 0) is 14.3 Å². The van der Waals surface area contributed by atoms with E-state index in [9.17, 15) is 14.4 Å². The summed E-state index contributed by atoms with van der Waals surface area (Å²) in [4.78, 5) is 35.9. The Balaban J connectivity index is 2.53. The lowest BCUT2D eigenvalue weighted by atomic mass is 10.0. The molecular formula is C16H26N4O5. The summed E-state index contributed by atoms with van der Waals surface area (Å²) in [6.07, 6.45) is -0.691. The highest BCUT2D eigenvalue weighted by atomic mass is 16.6. The molecule has 0 radical (unpaired) electrons. The SMILES string of the molecule is Cc1cc(NC(=O)CNC(=O)C(NC(=O)OC(C)(C)C)C(C)C)no1. The molecule has 0 aromatic carbocycles. The number of carbonyl (C=O) groups is 3. The van der Waals surface area contributed by atoms with Crippen LogP contribution in [-0.4, -0.2) is 41.3 Å². The van der Waals surface area contributed by atoms with Crippen molar-refractivity contribution < 1.29 is 23.6 Å². The van der Waals surface area contributed by atoms with Crippen LogP contribution in [0, 0.1) is 12.8 Å². The number of anilines is 1. The molecule has 3 amide bonds. The molecule has 1 unspecified atom stereocenters. The van der Waals surface area contributed by atoms with E-state index in [0.717, 1.165) is 0 Å². The first-order chi connectivity index (χ1) is 11.5. The summed E-state index contributed by atoms with van der Waals surface area (Å²) in [5, 5.41) is 11.1. The zero-order chi connectivity index (χ0) is 19.2. The molecule has 0 aliphatic carbocycles. The number of ether oxygens (including phenoxy) is 1. The normalized spacial score (nSPS) is 12.4. The van der Waals surface area contributed by atoms with Gasteiger partial charge in [0, 0.05) is 6.07 Å². The molecule has 0 aliphatic heterocycles. The number of hydrogen-bond donors (Lipinski definition) is 3. The number of nitrogens with zero attached hydrogens (tertiary/aromatic N) is 1. The Kier molecular flexibility index (Phi) is 6.96. The summed E-state index contributed by atoms with van der Waals surface area (Å²) in [7, 11) is 0. The van der Waals surface area contributed by atoms with E-state index in [1.165, 1.54) is 0 Å². The predicted octanol–water partition coefficient (Wildman–Crippen LogP) is 1.59. The third kappa shape index (κ3) is 7.69. The van der Waals surface area contributed by atoms with Gasteiger partial charge in [0.1, 0.15) is 17.4 Å². The molecule has 3 N–H and O–H groups in total. The van der Waals surface area contributed by atoms with Gasteiger partial charge in [0.15, 0.2) is 5.82 Å². The molecule has 1 rings (SSSR count). The van der Waals surface area contributed by atoms with E-state index in [1.54, 1.807) is 47.6 Å². The fraction of sp³-hybridized carbons (Fsp3) is 0.625. The average Bonchev–Trinajstić information content (AvgIpc) is 2.85. The third-order valence-electron chi connectivity index (χ3n) is 2.94. The zero-order valence-corrected chi connectivity index (χ0v) is 15.4. The summed E-state index contributed by atoms with van der Waals surface area (Å²) < 4.78 is 9.98. The summed E-state index contributed by atoms with van der Waals surface area (Å²) in [5.41, 5.74) is -0.669. The standard InChI is InChI=1S/C16H26N4O5/c1-9(2)13(19-15(23)24-16(4,5)6)14(22)17-8-12(21)18-11-7-10(3)25-20-11/h7,9,13H,8H2,1-6H3,(H,17,22)(H,19,23)(H,18,20,21). The molecule has 0 saturated carbocycles. The molecule has 0 saturated heterocycles. The number of nitrogens with one attached hydrogen (secondary N) is 3. The summed E-state index contributed by atoms with van der Waals surface area (Å²) in [6.45, 7) is 10.2. The van der Waals surface area contributed by atoms with Gasteiger partial charge >= 0.3 is 6.09 Å². The zero-order valence-electron chi connectivity index (χ0n) is 15.4. The van der Waals surface area contributed by atoms with Crippen molar-refractivity contribution in [2.45, 2.75) is 53.2 Å². The van der Waals surface area contributed by atoms with Crippen molar-refractivity contribution in [3.05, 3.63) is 11.8 Å². The van der Waals surface area contributed by atoms with Gasteiger partial charge in [-0.1, -0.05) is 19.0 Å². The van der Waals surface area contributed by atoms with Crippen LogP contribution in [0.3, 0.4) is 0 Å². The lowest BCUT2D eigenvalue weighted by Crippen LogP contribution is -2.52. The van der Waals surface area contributed by atoms with Crippen LogP contribution < -0.4 is 16.0 Å². The summed E-state index contributed by atoms with van der Waals surface area (Å²) >= 11 is 0. The topological polar surface area (TPSA) is 123 Å². The monoisotopic (exact) mass is 354 g/mol. The molecular weight excluding hydrogens is 328 g/mol. The van der Waals surface area contributed by atoms with Crippen LogP contribution >= 0.6 is 0 Å².